The molecule has 0 aromatic heterocycles. The molecule has 3 fully saturated rings. The van der Waals surface area contributed by atoms with E-state index in [2.05, 4.69) is 31.3 Å². The molecule has 3 rings (SSSR count). The number of hydrogen-bond acceptors (Lipinski definition) is 18. The zero-order valence-corrected chi connectivity index (χ0v) is 54.7. The second-order valence-corrected chi connectivity index (χ2v) is 25.7. The topological polar surface area (TPSA) is 307 Å². The van der Waals surface area contributed by atoms with Crippen LogP contribution < -0.4 is 5.32 Å². The van der Waals surface area contributed by atoms with E-state index in [9.17, 15) is 61.0 Å². The van der Waals surface area contributed by atoms with Crippen LogP contribution in [0.1, 0.15) is 277 Å². The van der Waals surface area contributed by atoms with E-state index in [0.717, 1.165) is 44.9 Å². The number of unbranched alkanes of at least 4 members (excludes halogenated alkanes) is 37. The lowest BCUT2D eigenvalue weighted by molar-refractivity contribution is -0.379. The fourth-order valence-electron chi connectivity index (χ4n) is 12.2. The molecular formula is C69H129NO18. The Labute approximate surface area is 530 Å². The highest BCUT2D eigenvalue weighted by Crippen LogP contribution is 2.33. The van der Waals surface area contributed by atoms with Gasteiger partial charge in [0.15, 0.2) is 18.9 Å². The molecule has 3 heterocycles. The first-order valence-corrected chi connectivity index (χ1v) is 35.6. The molecule has 3 saturated heterocycles. The molecule has 518 valence electrons. The minimum Gasteiger partial charge on any atom is -0.394 e. The van der Waals surface area contributed by atoms with Crippen LogP contribution >= 0.6 is 0 Å². The zero-order chi connectivity index (χ0) is 64.0. The van der Waals surface area contributed by atoms with Gasteiger partial charge in [-0.05, 0) is 32.1 Å². The van der Waals surface area contributed by atoms with Crippen molar-refractivity contribution in [1.82, 2.24) is 5.32 Å². The molecule has 19 nitrogen and oxygen atoms in total. The first kappa shape index (κ1) is 80.5. The maximum Gasteiger partial charge on any atom is 0.220 e. The first-order chi connectivity index (χ1) is 42.8. The molecule has 17 atom stereocenters. The highest BCUT2D eigenvalue weighted by Gasteiger charge is 2.53. The molecule has 17 unspecified atom stereocenters. The third-order valence-electron chi connectivity index (χ3n) is 18.0. The predicted octanol–water partition coefficient (Wildman–Crippen LogP) is 9.44. The fraction of sp³-hybridized carbons (Fsp3) is 0.928. The molecule has 3 aliphatic heterocycles. The number of aliphatic hydroxyl groups is 11. The Morgan fingerprint density at radius 3 is 1.14 bits per heavy atom. The van der Waals surface area contributed by atoms with Gasteiger partial charge in [-0.15, -0.1) is 0 Å². The second kappa shape index (κ2) is 51.7. The molecule has 3 aliphatic rings. The van der Waals surface area contributed by atoms with E-state index in [1.165, 1.54) is 199 Å². The van der Waals surface area contributed by atoms with Gasteiger partial charge in [-0.1, -0.05) is 263 Å². The molecule has 0 spiro atoms. The lowest BCUT2D eigenvalue weighted by atomic mass is 9.96. The summed E-state index contributed by atoms with van der Waals surface area (Å²) >= 11 is 0. The Balaban J connectivity index is 1.30. The molecule has 0 saturated carbocycles. The van der Waals surface area contributed by atoms with Crippen LogP contribution in [-0.4, -0.2) is 193 Å². The average Bonchev–Trinajstić information content (AvgIpc) is 2.01. The number of allylic oxidation sites excluding steroid dienone is 3. The summed E-state index contributed by atoms with van der Waals surface area (Å²) < 4.78 is 34.2. The second-order valence-electron chi connectivity index (χ2n) is 25.7. The van der Waals surface area contributed by atoms with E-state index in [4.69, 9.17) is 28.4 Å². The maximum absolute atomic E-state index is 13.3. The Morgan fingerprint density at radius 1 is 0.398 bits per heavy atom. The number of aliphatic hydroxyl groups excluding tert-OH is 11. The number of nitrogens with one attached hydrogen (secondary N) is 1. The van der Waals surface area contributed by atoms with Crippen molar-refractivity contribution >= 4 is 5.91 Å². The van der Waals surface area contributed by atoms with E-state index in [0.29, 0.717) is 12.8 Å². The van der Waals surface area contributed by atoms with Crippen molar-refractivity contribution in [2.24, 2.45) is 0 Å². The lowest BCUT2D eigenvalue weighted by Gasteiger charge is -2.48. The summed E-state index contributed by atoms with van der Waals surface area (Å²) in [5.74, 6) is -0.283. The largest absolute Gasteiger partial charge is 0.394 e. The summed E-state index contributed by atoms with van der Waals surface area (Å²) in [5.41, 5.74) is 0. The summed E-state index contributed by atoms with van der Waals surface area (Å²) in [5, 5.41) is 120. The van der Waals surface area contributed by atoms with Crippen LogP contribution in [-0.2, 0) is 33.2 Å². The van der Waals surface area contributed by atoms with Crippen molar-refractivity contribution in [1.29, 1.82) is 0 Å². The van der Waals surface area contributed by atoms with Gasteiger partial charge in [-0.25, -0.2) is 0 Å². The van der Waals surface area contributed by atoms with Gasteiger partial charge >= 0.3 is 0 Å². The van der Waals surface area contributed by atoms with Crippen molar-refractivity contribution in [2.75, 3.05) is 26.4 Å². The van der Waals surface area contributed by atoms with Crippen LogP contribution in [0, 0.1) is 0 Å². The Bertz CT molecular complexity index is 1690. The third-order valence-corrected chi connectivity index (χ3v) is 18.0. The van der Waals surface area contributed by atoms with Crippen LogP contribution in [0.4, 0.5) is 0 Å². The Kier molecular flexibility index (Phi) is 47.3. The smallest absolute Gasteiger partial charge is 0.220 e. The number of rotatable bonds is 55. The maximum atomic E-state index is 13.3. The van der Waals surface area contributed by atoms with Crippen molar-refractivity contribution in [2.45, 2.75) is 381 Å². The van der Waals surface area contributed by atoms with Crippen molar-refractivity contribution < 1.29 is 89.4 Å². The molecule has 0 bridgehead atoms. The van der Waals surface area contributed by atoms with Crippen LogP contribution in [0.2, 0.25) is 0 Å². The summed E-state index contributed by atoms with van der Waals surface area (Å²) in [6, 6.07) is -0.984. The third kappa shape index (κ3) is 33.4. The van der Waals surface area contributed by atoms with E-state index in [1.54, 1.807) is 6.08 Å². The van der Waals surface area contributed by atoms with Crippen molar-refractivity contribution in [3.8, 4) is 0 Å². The molecule has 0 radical (unpaired) electrons. The van der Waals surface area contributed by atoms with Crippen molar-refractivity contribution in [3.63, 3.8) is 0 Å². The van der Waals surface area contributed by atoms with Gasteiger partial charge < -0.3 is 89.9 Å². The molecule has 19 heteroatoms. The van der Waals surface area contributed by atoms with Gasteiger partial charge in [0.1, 0.15) is 73.2 Å². The number of amides is 1. The molecule has 88 heavy (non-hydrogen) atoms. The van der Waals surface area contributed by atoms with Crippen molar-refractivity contribution in [3.05, 3.63) is 24.3 Å². The summed E-state index contributed by atoms with van der Waals surface area (Å²) in [6.45, 7) is 1.67. The molecular weight excluding hydrogens is 1130 g/mol. The van der Waals surface area contributed by atoms with Gasteiger partial charge in [0.2, 0.25) is 5.91 Å². The van der Waals surface area contributed by atoms with Crippen LogP contribution in [0.5, 0.6) is 0 Å². The minimum absolute atomic E-state index is 0.240. The fourth-order valence-corrected chi connectivity index (χ4v) is 12.2. The molecule has 12 N–H and O–H groups in total. The lowest BCUT2D eigenvalue weighted by Crippen LogP contribution is -2.66. The molecule has 0 aromatic carbocycles. The number of hydrogen-bond donors (Lipinski definition) is 12. The number of ether oxygens (including phenoxy) is 6. The van der Waals surface area contributed by atoms with Gasteiger partial charge in [-0.2, -0.15) is 0 Å². The zero-order valence-electron chi connectivity index (χ0n) is 54.7. The summed E-state index contributed by atoms with van der Waals surface area (Å²) in [6.07, 6.45) is 32.3. The van der Waals surface area contributed by atoms with Gasteiger partial charge in [0, 0.05) is 6.42 Å². The number of carbonyl (C=O) groups is 1. The van der Waals surface area contributed by atoms with E-state index in [-0.39, 0.29) is 18.9 Å². The average molecular weight is 1260 g/mol. The normalized spacial score (nSPS) is 28.5. The first-order valence-electron chi connectivity index (χ1n) is 35.6. The van der Waals surface area contributed by atoms with Crippen LogP contribution in [0.25, 0.3) is 0 Å². The summed E-state index contributed by atoms with van der Waals surface area (Å²) in [7, 11) is 0. The monoisotopic (exact) mass is 1260 g/mol. The van der Waals surface area contributed by atoms with Gasteiger partial charge in [0.25, 0.3) is 0 Å². The molecule has 1 amide bonds. The van der Waals surface area contributed by atoms with E-state index in [1.807, 2.05) is 6.08 Å². The Morgan fingerprint density at radius 2 is 0.727 bits per heavy atom. The highest BCUT2D eigenvalue weighted by atomic mass is 16.8. The van der Waals surface area contributed by atoms with Crippen LogP contribution in [0.3, 0.4) is 0 Å². The van der Waals surface area contributed by atoms with Gasteiger partial charge in [-0.3, -0.25) is 4.79 Å². The standard InChI is InChI=1S/C69H129NO18/c1-3-5-7-9-11-13-14-15-16-17-18-19-20-21-22-23-24-25-26-27-28-29-30-31-32-33-34-35-36-37-39-41-43-45-47-57(75)70-52(53(74)46-44-42-40-38-12-10-8-6-4-2)51-83-67-63(81)60(78)65(55(49-72)85-67)88-69-64(82)61(79)66(56(50-73)86-69)87-68-62(80)59(77)58(76)54(48-71)84-68/h12,38,44,46,52-56,58-69,71-74,76-82H,3-11,13-37,39-43,45,47-51H2,1-2H3,(H,70,75)/b38-12+,46-44+. The van der Waals surface area contributed by atoms with E-state index >= 15 is 0 Å². The number of carbonyl (C=O) groups excluding carboxylic acids is 1. The predicted molar refractivity (Wildman–Crippen MR) is 342 cm³/mol. The highest BCUT2D eigenvalue weighted by molar-refractivity contribution is 5.76. The van der Waals surface area contributed by atoms with E-state index < -0.39 is 124 Å². The quantitative estimate of drug-likeness (QED) is 0.0199. The molecule has 0 aliphatic carbocycles. The molecule has 0 aromatic rings. The van der Waals surface area contributed by atoms with Gasteiger partial charge in [0.05, 0.1) is 38.6 Å². The summed E-state index contributed by atoms with van der Waals surface area (Å²) in [4.78, 5) is 13.3. The SMILES string of the molecule is CCCCC/C=C/CC/C=C/C(O)C(COC1OC(CO)C(OC2OC(CO)C(OC3OC(CO)C(O)C(O)C3O)C(O)C2O)C(O)C1O)NC(=O)CCCCCCCCCCCCCCCCCCCCCCCCCCCCCCCCCCCC. The Hall–Kier alpha value is -1.73. The van der Waals surface area contributed by atoms with Crippen LogP contribution in [0.15, 0.2) is 24.3 Å². The minimum atomic E-state index is -1.98.